The van der Waals surface area contributed by atoms with Crippen LogP contribution in [0.5, 0.6) is 5.75 Å². The van der Waals surface area contributed by atoms with Gasteiger partial charge in [0.1, 0.15) is 10.6 Å². The third-order valence-corrected chi connectivity index (χ3v) is 9.34. The summed E-state index contributed by atoms with van der Waals surface area (Å²) in [7, 11) is 3.17. The summed E-state index contributed by atoms with van der Waals surface area (Å²) >= 11 is 6.51. The summed E-state index contributed by atoms with van der Waals surface area (Å²) in [6.07, 6.45) is 3.51. The number of pyridine rings is 1. The van der Waals surface area contributed by atoms with Crippen molar-refractivity contribution in [1.82, 2.24) is 29.7 Å². The number of carbonyl (C=O) groups excluding carboxylic acids is 2. The molecule has 2 N–H and O–H groups in total. The van der Waals surface area contributed by atoms with Crippen LogP contribution in [0.3, 0.4) is 0 Å². The van der Waals surface area contributed by atoms with Gasteiger partial charge in [0.2, 0.25) is 5.95 Å². The molecule has 0 radical (unpaired) electrons. The van der Waals surface area contributed by atoms with Crippen molar-refractivity contribution < 1.29 is 19.1 Å². The second kappa shape index (κ2) is 12.8. The molecule has 0 aliphatic carbocycles. The van der Waals surface area contributed by atoms with Gasteiger partial charge in [-0.2, -0.15) is 4.98 Å². The van der Waals surface area contributed by atoms with E-state index in [-0.39, 0.29) is 35.3 Å². The van der Waals surface area contributed by atoms with Gasteiger partial charge in [0.15, 0.2) is 18.2 Å². The number of hydrogen-bond acceptors (Lipinski definition) is 10. The topological polar surface area (TPSA) is 134 Å². The molecule has 3 aromatic rings. The molecular weight excluding hydrogens is 624 g/mol. The lowest BCUT2D eigenvalue weighted by Gasteiger charge is -2.60. The molecule has 3 aliphatic rings. The number of halogens is 1. The van der Waals surface area contributed by atoms with E-state index in [2.05, 4.69) is 25.4 Å². The van der Waals surface area contributed by atoms with E-state index < -0.39 is 5.60 Å². The zero-order valence-electron chi connectivity index (χ0n) is 27.6. The van der Waals surface area contributed by atoms with Gasteiger partial charge in [-0.25, -0.2) is 9.78 Å². The number of likely N-dealkylation sites (N-methyl/N-ethyl adjacent to an activating group) is 1. The Labute approximate surface area is 279 Å². The lowest BCUT2D eigenvalue weighted by molar-refractivity contribution is -0.122. The fraction of sp³-hybridized carbons (Fsp3) is 0.545. The number of nitrogens with one attached hydrogen (secondary N) is 2. The number of anilines is 3. The molecule has 6 rings (SSSR count). The first-order valence-corrected chi connectivity index (χ1v) is 16.4. The summed E-state index contributed by atoms with van der Waals surface area (Å²) < 4.78 is 12.5. The Balaban J connectivity index is 1.02. The number of benzene rings is 1. The summed E-state index contributed by atoms with van der Waals surface area (Å²) in [4.78, 5) is 52.5. The molecule has 0 atom stereocenters. The summed E-state index contributed by atoms with van der Waals surface area (Å²) in [6, 6.07) is 7.21. The van der Waals surface area contributed by atoms with E-state index in [1.807, 2.05) is 43.9 Å². The van der Waals surface area contributed by atoms with Crippen LogP contribution in [0.4, 0.5) is 22.2 Å². The number of carbonyl (C=O) groups is 2. The van der Waals surface area contributed by atoms with Gasteiger partial charge in [0.05, 0.1) is 11.7 Å². The van der Waals surface area contributed by atoms with Gasteiger partial charge in [-0.1, -0.05) is 11.6 Å². The molecule has 5 heterocycles. The first-order chi connectivity index (χ1) is 22.3. The Morgan fingerprint density at radius 1 is 1.11 bits per heavy atom. The minimum Gasteiger partial charge on any atom is -0.478 e. The van der Waals surface area contributed by atoms with E-state index in [4.69, 9.17) is 26.1 Å². The van der Waals surface area contributed by atoms with E-state index in [0.717, 1.165) is 69.7 Å². The van der Waals surface area contributed by atoms with E-state index in [1.165, 1.54) is 11.6 Å². The highest BCUT2D eigenvalue weighted by molar-refractivity contribution is 6.32. The summed E-state index contributed by atoms with van der Waals surface area (Å²) in [5.74, 6) is 1.49. The molecule has 0 bridgehead atoms. The van der Waals surface area contributed by atoms with Crippen LogP contribution in [-0.4, -0.2) is 101 Å². The number of hydrogen-bond donors (Lipinski definition) is 2. The van der Waals surface area contributed by atoms with Crippen molar-refractivity contribution in [3.8, 4) is 5.75 Å². The number of aromatic nitrogens is 3. The van der Waals surface area contributed by atoms with Gasteiger partial charge in [-0.15, -0.1) is 0 Å². The van der Waals surface area contributed by atoms with Crippen LogP contribution in [-0.2, 0) is 16.6 Å². The standard InChI is InChI=1S/C33H43ClN8O5/c1-32(2,3)47-31(45)42-19-33(20-42)17-40(18-33)15-21-8-10-41(11-9-21)30-36-14-24(34)28(38-30)37-23-6-7-25-22(12-23)13-26(29(44)39(25)5)46-16-27(43)35-4/h6-7,12-14,21H,8-11,15-20H2,1-5H3,(H,35,43)(H,36,37,38). The van der Waals surface area contributed by atoms with Crippen molar-refractivity contribution in [2.24, 2.45) is 18.4 Å². The molecule has 3 saturated heterocycles. The van der Waals surface area contributed by atoms with Crippen molar-refractivity contribution in [1.29, 1.82) is 0 Å². The Morgan fingerprint density at radius 2 is 1.83 bits per heavy atom. The quantitative estimate of drug-likeness (QED) is 0.367. The van der Waals surface area contributed by atoms with Crippen LogP contribution in [0.2, 0.25) is 5.02 Å². The zero-order valence-corrected chi connectivity index (χ0v) is 28.4. The molecule has 2 aromatic heterocycles. The number of likely N-dealkylation sites (tertiary alicyclic amines) is 2. The third-order valence-electron chi connectivity index (χ3n) is 9.06. The molecule has 1 aromatic carbocycles. The van der Waals surface area contributed by atoms with Gasteiger partial charge in [-0.05, 0) is 63.8 Å². The smallest absolute Gasteiger partial charge is 0.410 e. The third kappa shape index (κ3) is 7.25. The fourth-order valence-electron chi connectivity index (χ4n) is 6.72. The molecule has 3 fully saturated rings. The number of amides is 2. The lowest BCUT2D eigenvalue weighted by Crippen LogP contribution is -2.73. The molecule has 47 heavy (non-hydrogen) atoms. The lowest BCUT2D eigenvalue weighted by atomic mass is 9.72. The van der Waals surface area contributed by atoms with Crippen LogP contribution in [0.25, 0.3) is 10.9 Å². The van der Waals surface area contributed by atoms with E-state index in [1.54, 1.807) is 19.3 Å². The Kier molecular flexibility index (Phi) is 8.96. The van der Waals surface area contributed by atoms with Crippen molar-refractivity contribution in [2.45, 2.75) is 39.2 Å². The maximum absolute atomic E-state index is 12.7. The molecule has 252 valence electrons. The SMILES string of the molecule is CNC(=O)COc1cc2cc(Nc3nc(N4CCC(CN5CC6(C5)CN(C(=O)OC(C)(C)C)C6)CC4)ncc3Cl)ccc2n(C)c1=O. The average Bonchev–Trinajstić information content (AvgIpc) is 2.99. The van der Waals surface area contributed by atoms with Crippen LogP contribution in [0.1, 0.15) is 33.6 Å². The maximum atomic E-state index is 12.7. The number of aryl methyl sites for hydroxylation is 1. The largest absolute Gasteiger partial charge is 0.478 e. The fourth-order valence-corrected chi connectivity index (χ4v) is 6.85. The Morgan fingerprint density at radius 3 is 2.51 bits per heavy atom. The van der Waals surface area contributed by atoms with E-state index >= 15 is 0 Å². The van der Waals surface area contributed by atoms with Gasteiger partial charge < -0.3 is 39.4 Å². The molecule has 2 amide bonds. The second-order valence-electron chi connectivity index (χ2n) is 14.0. The molecule has 1 spiro atoms. The minimum atomic E-state index is -0.465. The number of nitrogens with zero attached hydrogens (tertiary/aromatic N) is 6. The van der Waals surface area contributed by atoms with Crippen LogP contribution in [0.15, 0.2) is 35.3 Å². The van der Waals surface area contributed by atoms with Gasteiger partial charge in [0.25, 0.3) is 11.5 Å². The highest BCUT2D eigenvalue weighted by Crippen LogP contribution is 2.41. The van der Waals surface area contributed by atoms with Gasteiger partial charge in [0, 0.05) is 76.4 Å². The Hall–Kier alpha value is -4.10. The van der Waals surface area contributed by atoms with Crippen LogP contribution in [0, 0.1) is 11.3 Å². The van der Waals surface area contributed by atoms with Crippen molar-refractivity contribution in [3.05, 3.63) is 45.8 Å². The molecule has 0 unspecified atom stereocenters. The normalized spacial score (nSPS) is 18.1. The van der Waals surface area contributed by atoms with Crippen molar-refractivity contribution >= 4 is 52.0 Å². The van der Waals surface area contributed by atoms with Crippen LogP contribution >= 0.6 is 11.6 Å². The highest BCUT2D eigenvalue weighted by atomic mass is 35.5. The first-order valence-electron chi connectivity index (χ1n) is 16.0. The van der Waals surface area contributed by atoms with Crippen LogP contribution < -0.4 is 25.8 Å². The Bertz CT molecular complexity index is 1720. The minimum absolute atomic E-state index is 0.0907. The first kappa shape index (κ1) is 32.8. The highest BCUT2D eigenvalue weighted by Gasteiger charge is 2.54. The number of rotatable bonds is 8. The van der Waals surface area contributed by atoms with Gasteiger partial charge in [-0.3, -0.25) is 9.59 Å². The number of ether oxygens (including phenoxy) is 2. The molecule has 14 heteroatoms. The number of fused-ring (bicyclic) bond motifs is 1. The molecular formula is C33H43ClN8O5. The van der Waals surface area contributed by atoms with Gasteiger partial charge >= 0.3 is 6.09 Å². The van der Waals surface area contributed by atoms with E-state index in [0.29, 0.717) is 28.2 Å². The summed E-state index contributed by atoms with van der Waals surface area (Å²) in [5.41, 5.74) is 0.893. The number of piperidine rings is 1. The molecule has 13 nitrogen and oxygen atoms in total. The second-order valence-corrected chi connectivity index (χ2v) is 14.4. The van der Waals surface area contributed by atoms with E-state index in [9.17, 15) is 14.4 Å². The maximum Gasteiger partial charge on any atom is 0.410 e. The van der Waals surface area contributed by atoms with Crippen molar-refractivity contribution in [3.63, 3.8) is 0 Å². The molecule has 0 saturated carbocycles. The monoisotopic (exact) mass is 666 g/mol. The van der Waals surface area contributed by atoms with Crippen molar-refractivity contribution in [2.75, 3.05) is 69.7 Å². The zero-order chi connectivity index (χ0) is 33.5. The predicted molar refractivity (Wildman–Crippen MR) is 181 cm³/mol. The average molecular weight is 667 g/mol. The molecule has 3 aliphatic heterocycles. The predicted octanol–water partition coefficient (Wildman–Crippen LogP) is 3.62. The summed E-state index contributed by atoms with van der Waals surface area (Å²) in [5, 5.41) is 6.93. The summed E-state index contributed by atoms with van der Waals surface area (Å²) in [6.45, 7) is 11.9.